The van der Waals surface area contributed by atoms with Gasteiger partial charge in [-0.15, -0.1) is 6.58 Å². The molecule has 3 N–H and O–H groups in total. The summed E-state index contributed by atoms with van der Waals surface area (Å²) < 4.78 is 4.92. The zero-order valence-corrected chi connectivity index (χ0v) is 6.47. The van der Waals surface area contributed by atoms with Gasteiger partial charge in [0, 0.05) is 13.2 Å². The summed E-state index contributed by atoms with van der Waals surface area (Å²) in [6.07, 6.45) is 3.83. The van der Waals surface area contributed by atoms with Crippen LogP contribution < -0.4 is 11.3 Å². The molecule has 0 heterocycles. The molecule has 0 rings (SSSR count). The summed E-state index contributed by atoms with van der Waals surface area (Å²) in [5.41, 5.74) is 2.66. The highest BCUT2D eigenvalue weighted by atomic mass is 16.5. The van der Waals surface area contributed by atoms with Crippen molar-refractivity contribution < 1.29 is 4.74 Å². The van der Waals surface area contributed by atoms with E-state index in [0.29, 0.717) is 6.61 Å². The Kier molecular flexibility index (Phi) is 6.48. The minimum atomic E-state index is 0.253. The average Bonchev–Trinajstić information content (AvgIpc) is 1.98. The van der Waals surface area contributed by atoms with Crippen molar-refractivity contribution in [2.45, 2.75) is 18.9 Å². The molecule has 0 fully saturated rings. The van der Waals surface area contributed by atoms with E-state index in [1.54, 1.807) is 7.11 Å². The Morgan fingerprint density at radius 1 is 1.80 bits per heavy atom. The van der Waals surface area contributed by atoms with Crippen molar-refractivity contribution in [2.75, 3.05) is 13.7 Å². The van der Waals surface area contributed by atoms with E-state index in [2.05, 4.69) is 12.0 Å². The first-order chi connectivity index (χ1) is 4.85. The summed E-state index contributed by atoms with van der Waals surface area (Å²) in [6.45, 7) is 4.27. The predicted molar refractivity (Wildman–Crippen MR) is 42.4 cm³/mol. The number of nitrogens with two attached hydrogens (primary N) is 1. The second kappa shape index (κ2) is 6.74. The number of methoxy groups -OCH3 is 1. The number of nitrogens with one attached hydrogen (secondary N) is 1. The Morgan fingerprint density at radius 2 is 2.50 bits per heavy atom. The first-order valence-electron chi connectivity index (χ1n) is 3.41. The van der Waals surface area contributed by atoms with Crippen molar-refractivity contribution in [1.29, 1.82) is 0 Å². The summed E-state index contributed by atoms with van der Waals surface area (Å²) in [6, 6.07) is 0.253. The van der Waals surface area contributed by atoms with E-state index in [1.807, 2.05) is 6.08 Å². The fraction of sp³-hybridized carbons (Fsp3) is 0.714. The topological polar surface area (TPSA) is 47.3 Å². The molecular formula is C7H16N2O. The van der Waals surface area contributed by atoms with E-state index < -0.39 is 0 Å². The Morgan fingerprint density at radius 3 is 2.90 bits per heavy atom. The fourth-order valence-electron chi connectivity index (χ4n) is 0.735. The lowest BCUT2D eigenvalue weighted by Crippen LogP contribution is -2.38. The Bertz CT molecular complexity index is 85.7. The van der Waals surface area contributed by atoms with Gasteiger partial charge in [-0.2, -0.15) is 0 Å². The maximum absolute atomic E-state index is 5.24. The number of hydrazine groups is 1. The maximum atomic E-state index is 5.24. The van der Waals surface area contributed by atoms with Crippen molar-refractivity contribution in [3.63, 3.8) is 0 Å². The third-order valence-corrected chi connectivity index (χ3v) is 1.32. The maximum Gasteiger partial charge on any atom is 0.0629 e. The molecule has 3 heteroatoms. The molecule has 1 atom stereocenters. The monoisotopic (exact) mass is 144 g/mol. The van der Waals surface area contributed by atoms with Gasteiger partial charge in [0.2, 0.25) is 0 Å². The number of hydrogen-bond donors (Lipinski definition) is 2. The van der Waals surface area contributed by atoms with Gasteiger partial charge in [0.05, 0.1) is 6.61 Å². The van der Waals surface area contributed by atoms with Gasteiger partial charge in [-0.05, 0) is 12.8 Å². The van der Waals surface area contributed by atoms with Gasteiger partial charge in [0.15, 0.2) is 0 Å². The molecule has 0 aliphatic rings. The molecular weight excluding hydrogens is 128 g/mol. The highest BCUT2D eigenvalue weighted by Crippen LogP contribution is 1.96. The number of hydrogen-bond acceptors (Lipinski definition) is 3. The molecule has 0 saturated heterocycles. The van der Waals surface area contributed by atoms with Crippen LogP contribution in [0.3, 0.4) is 0 Å². The van der Waals surface area contributed by atoms with Crippen LogP contribution in [0, 0.1) is 0 Å². The molecule has 0 aromatic heterocycles. The van der Waals surface area contributed by atoms with Gasteiger partial charge in [0.25, 0.3) is 0 Å². The second-order valence-electron chi connectivity index (χ2n) is 2.18. The van der Waals surface area contributed by atoms with Gasteiger partial charge < -0.3 is 4.74 Å². The summed E-state index contributed by atoms with van der Waals surface area (Å²) in [7, 11) is 1.66. The third-order valence-electron chi connectivity index (χ3n) is 1.32. The van der Waals surface area contributed by atoms with Crippen LogP contribution in [-0.2, 0) is 4.74 Å². The standard InChI is InChI=1S/C7H16N2O/c1-3-4-5-7(9-8)6-10-2/h3,7,9H,1,4-6,8H2,2H3. The number of ether oxygens (including phenoxy) is 1. The lowest BCUT2D eigenvalue weighted by atomic mass is 10.2. The Labute approximate surface area is 62.2 Å². The molecule has 0 aromatic carbocycles. The minimum Gasteiger partial charge on any atom is -0.383 e. The normalized spacial score (nSPS) is 13.0. The van der Waals surface area contributed by atoms with Crippen LogP contribution in [0.2, 0.25) is 0 Å². The van der Waals surface area contributed by atoms with E-state index in [0.717, 1.165) is 12.8 Å². The van der Waals surface area contributed by atoms with E-state index >= 15 is 0 Å². The van der Waals surface area contributed by atoms with E-state index in [1.165, 1.54) is 0 Å². The van der Waals surface area contributed by atoms with Crippen LogP contribution in [0.1, 0.15) is 12.8 Å². The van der Waals surface area contributed by atoms with Crippen molar-refractivity contribution in [1.82, 2.24) is 5.43 Å². The zero-order valence-electron chi connectivity index (χ0n) is 6.47. The molecule has 0 radical (unpaired) electrons. The Balaban J connectivity index is 3.29. The quantitative estimate of drug-likeness (QED) is 0.323. The predicted octanol–water partition coefficient (Wildman–Crippen LogP) is 0.431. The van der Waals surface area contributed by atoms with Crippen LogP contribution >= 0.6 is 0 Å². The fourth-order valence-corrected chi connectivity index (χ4v) is 0.735. The van der Waals surface area contributed by atoms with Gasteiger partial charge in [-0.25, -0.2) is 0 Å². The minimum absolute atomic E-state index is 0.253. The van der Waals surface area contributed by atoms with Crippen LogP contribution in [0.5, 0.6) is 0 Å². The van der Waals surface area contributed by atoms with Crippen LogP contribution in [0.15, 0.2) is 12.7 Å². The van der Waals surface area contributed by atoms with Gasteiger partial charge in [-0.3, -0.25) is 11.3 Å². The van der Waals surface area contributed by atoms with E-state index in [-0.39, 0.29) is 6.04 Å². The smallest absolute Gasteiger partial charge is 0.0629 e. The number of rotatable bonds is 6. The molecule has 0 aliphatic carbocycles. The lowest BCUT2D eigenvalue weighted by molar-refractivity contribution is 0.163. The summed E-state index contributed by atoms with van der Waals surface area (Å²) in [5, 5.41) is 0. The second-order valence-corrected chi connectivity index (χ2v) is 2.18. The molecule has 0 spiro atoms. The lowest BCUT2D eigenvalue weighted by Gasteiger charge is -2.12. The largest absolute Gasteiger partial charge is 0.383 e. The van der Waals surface area contributed by atoms with Gasteiger partial charge >= 0.3 is 0 Å². The molecule has 0 amide bonds. The SMILES string of the molecule is C=CCCC(COC)NN. The van der Waals surface area contributed by atoms with E-state index in [9.17, 15) is 0 Å². The van der Waals surface area contributed by atoms with Crippen LogP contribution in [-0.4, -0.2) is 19.8 Å². The third kappa shape index (κ3) is 4.49. The molecule has 0 bridgehead atoms. The molecule has 3 nitrogen and oxygen atoms in total. The van der Waals surface area contributed by atoms with Crippen molar-refractivity contribution in [3.8, 4) is 0 Å². The highest BCUT2D eigenvalue weighted by Gasteiger charge is 2.02. The van der Waals surface area contributed by atoms with Crippen molar-refractivity contribution in [3.05, 3.63) is 12.7 Å². The first kappa shape index (κ1) is 9.62. The summed E-state index contributed by atoms with van der Waals surface area (Å²) >= 11 is 0. The first-order valence-corrected chi connectivity index (χ1v) is 3.41. The van der Waals surface area contributed by atoms with E-state index in [4.69, 9.17) is 10.6 Å². The Hall–Kier alpha value is -0.380. The average molecular weight is 144 g/mol. The molecule has 1 unspecified atom stereocenters. The molecule has 10 heavy (non-hydrogen) atoms. The van der Waals surface area contributed by atoms with Crippen molar-refractivity contribution >= 4 is 0 Å². The van der Waals surface area contributed by atoms with Crippen molar-refractivity contribution in [2.24, 2.45) is 5.84 Å². The zero-order chi connectivity index (χ0) is 7.82. The molecule has 60 valence electrons. The summed E-state index contributed by atoms with van der Waals surface area (Å²) in [5.74, 6) is 5.24. The number of allylic oxidation sites excluding steroid dienone is 1. The molecule has 0 aromatic rings. The van der Waals surface area contributed by atoms with Gasteiger partial charge in [0.1, 0.15) is 0 Å². The highest BCUT2D eigenvalue weighted by molar-refractivity contribution is 4.71. The molecule has 0 saturated carbocycles. The van der Waals surface area contributed by atoms with Crippen LogP contribution in [0.25, 0.3) is 0 Å². The molecule has 0 aliphatic heterocycles. The van der Waals surface area contributed by atoms with Crippen LogP contribution in [0.4, 0.5) is 0 Å². The summed E-state index contributed by atoms with van der Waals surface area (Å²) in [4.78, 5) is 0. The van der Waals surface area contributed by atoms with Gasteiger partial charge in [-0.1, -0.05) is 6.08 Å².